The molecule has 3 aromatic heterocycles. The SMILES string of the molecule is O=C(CCCc1ccc(-c2cnc3ncnn3c2)cc1)Cc1cccnc1. The summed E-state index contributed by atoms with van der Waals surface area (Å²) in [5.74, 6) is 0.846. The van der Waals surface area contributed by atoms with E-state index in [1.54, 1.807) is 23.1 Å². The summed E-state index contributed by atoms with van der Waals surface area (Å²) >= 11 is 0. The third kappa shape index (κ3) is 4.23. The molecule has 0 aliphatic heterocycles. The second-order valence-corrected chi connectivity index (χ2v) is 6.47. The Hall–Kier alpha value is -3.41. The number of benzene rings is 1. The van der Waals surface area contributed by atoms with Gasteiger partial charge in [0.2, 0.25) is 0 Å². The lowest BCUT2D eigenvalue weighted by atomic mass is 10.0. The molecule has 0 amide bonds. The van der Waals surface area contributed by atoms with E-state index in [0.29, 0.717) is 18.6 Å². The molecule has 4 aromatic rings. The minimum absolute atomic E-state index is 0.256. The molecule has 0 aliphatic carbocycles. The Kier molecular flexibility index (Phi) is 4.96. The molecule has 3 heterocycles. The largest absolute Gasteiger partial charge is 0.299 e. The summed E-state index contributed by atoms with van der Waals surface area (Å²) in [5, 5.41) is 4.12. The van der Waals surface area contributed by atoms with Crippen LogP contribution in [0.3, 0.4) is 0 Å². The van der Waals surface area contributed by atoms with Gasteiger partial charge in [-0.1, -0.05) is 30.3 Å². The zero-order chi connectivity index (χ0) is 18.5. The van der Waals surface area contributed by atoms with Crippen molar-refractivity contribution in [2.75, 3.05) is 0 Å². The van der Waals surface area contributed by atoms with Crippen LogP contribution >= 0.6 is 0 Å². The van der Waals surface area contributed by atoms with Gasteiger partial charge in [0.25, 0.3) is 5.78 Å². The van der Waals surface area contributed by atoms with Gasteiger partial charge in [0, 0.05) is 43.2 Å². The van der Waals surface area contributed by atoms with E-state index in [-0.39, 0.29) is 5.78 Å². The van der Waals surface area contributed by atoms with Gasteiger partial charge >= 0.3 is 0 Å². The van der Waals surface area contributed by atoms with Crippen molar-refractivity contribution in [1.82, 2.24) is 24.6 Å². The monoisotopic (exact) mass is 357 g/mol. The van der Waals surface area contributed by atoms with Gasteiger partial charge in [0.1, 0.15) is 12.1 Å². The minimum atomic E-state index is 0.256. The van der Waals surface area contributed by atoms with Crippen LogP contribution in [0.2, 0.25) is 0 Å². The summed E-state index contributed by atoms with van der Waals surface area (Å²) < 4.78 is 1.66. The number of Topliss-reactive ketones (excluding diaryl/α,β-unsaturated/α-hetero) is 1. The quantitative estimate of drug-likeness (QED) is 0.507. The maximum absolute atomic E-state index is 12.1. The molecule has 0 atom stereocenters. The van der Waals surface area contributed by atoms with E-state index in [2.05, 4.69) is 44.3 Å². The van der Waals surface area contributed by atoms with E-state index in [0.717, 1.165) is 29.5 Å². The molecule has 1 aromatic carbocycles. The van der Waals surface area contributed by atoms with Gasteiger partial charge < -0.3 is 0 Å². The second-order valence-electron chi connectivity index (χ2n) is 6.47. The molecule has 6 nitrogen and oxygen atoms in total. The number of aryl methyl sites for hydroxylation is 1. The van der Waals surface area contributed by atoms with Crippen LogP contribution in [0.25, 0.3) is 16.9 Å². The van der Waals surface area contributed by atoms with Crippen LogP contribution in [0.1, 0.15) is 24.0 Å². The van der Waals surface area contributed by atoms with Crippen LogP contribution in [-0.4, -0.2) is 30.3 Å². The Balaban J connectivity index is 1.32. The summed E-state index contributed by atoms with van der Waals surface area (Å²) in [7, 11) is 0. The summed E-state index contributed by atoms with van der Waals surface area (Å²) in [4.78, 5) is 24.5. The van der Waals surface area contributed by atoms with Crippen molar-refractivity contribution in [2.24, 2.45) is 0 Å². The predicted octanol–water partition coefficient (Wildman–Crippen LogP) is 3.32. The molecule has 0 unspecified atom stereocenters. The first kappa shape index (κ1) is 17.0. The second kappa shape index (κ2) is 7.86. The van der Waals surface area contributed by atoms with Crippen LogP contribution < -0.4 is 0 Å². The average Bonchev–Trinajstić information content (AvgIpc) is 3.17. The Labute approximate surface area is 156 Å². The Bertz CT molecular complexity index is 1040. The van der Waals surface area contributed by atoms with Crippen molar-refractivity contribution < 1.29 is 4.79 Å². The van der Waals surface area contributed by atoms with Crippen LogP contribution in [0.15, 0.2) is 67.5 Å². The summed E-state index contributed by atoms with van der Waals surface area (Å²) in [6, 6.07) is 12.2. The highest BCUT2D eigenvalue weighted by molar-refractivity contribution is 5.80. The number of hydrogen-bond acceptors (Lipinski definition) is 5. The molecule has 0 spiro atoms. The number of carbonyl (C=O) groups is 1. The fourth-order valence-corrected chi connectivity index (χ4v) is 3.04. The van der Waals surface area contributed by atoms with Crippen molar-refractivity contribution >= 4 is 11.6 Å². The van der Waals surface area contributed by atoms with Gasteiger partial charge in [-0.05, 0) is 35.6 Å². The Morgan fingerprint density at radius 3 is 2.67 bits per heavy atom. The first-order chi connectivity index (χ1) is 13.3. The van der Waals surface area contributed by atoms with Crippen LogP contribution in [0.4, 0.5) is 0 Å². The number of hydrogen-bond donors (Lipinski definition) is 0. The van der Waals surface area contributed by atoms with Crippen molar-refractivity contribution in [1.29, 1.82) is 0 Å². The van der Waals surface area contributed by atoms with Crippen LogP contribution in [-0.2, 0) is 17.6 Å². The highest BCUT2D eigenvalue weighted by atomic mass is 16.1. The lowest BCUT2D eigenvalue weighted by molar-refractivity contribution is -0.118. The third-order valence-electron chi connectivity index (χ3n) is 4.47. The smallest absolute Gasteiger partial charge is 0.252 e. The molecule has 27 heavy (non-hydrogen) atoms. The maximum atomic E-state index is 12.1. The van der Waals surface area contributed by atoms with Crippen molar-refractivity contribution in [3.8, 4) is 11.1 Å². The highest BCUT2D eigenvalue weighted by Gasteiger charge is 2.05. The lowest BCUT2D eigenvalue weighted by Crippen LogP contribution is -2.03. The fraction of sp³-hybridized carbons (Fsp3) is 0.190. The molecule has 0 bridgehead atoms. The van der Waals surface area contributed by atoms with E-state index in [1.807, 2.05) is 18.3 Å². The van der Waals surface area contributed by atoms with Gasteiger partial charge in [-0.3, -0.25) is 9.78 Å². The summed E-state index contributed by atoms with van der Waals surface area (Å²) in [6.45, 7) is 0. The molecule has 0 saturated carbocycles. The van der Waals surface area contributed by atoms with Gasteiger partial charge in [0.15, 0.2) is 0 Å². The van der Waals surface area contributed by atoms with Gasteiger partial charge in [-0.25, -0.2) is 9.50 Å². The predicted molar refractivity (Wildman–Crippen MR) is 102 cm³/mol. The van der Waals surface area contributed by atoms with E-state index < -0.39 is 0 Å². The van der Waals surface area contributed by atoms with Crippen LogP contribution in [0.5, 0.6) is 0 Å². The Morgan fingerprint density at radius 2 is 1.85 bits per heavy atom. The lowest BCUT2D eigenvalue weighted by Gasteiger charge is -2.05. The zero-order valence-electron chi connectivity index (χ0n) is 14.8. The maximum Gasteiger partial charge on any atom is 0.252 e. The minimum Gasteiger partial charge on any atom is -0.299 e. The van der Waals surface area contributed by atoms with Crippen molar-refractivity contribution in [3.63, 3.8) is 0 Å². The third-order valence-corrected chi connectivity index (χ3v) is 4.47. The standard InChI is InChI=1S/C21H19N5O/c27-20(11-17-4-2-10-22-12-17)5-1-3-16-6-8-18(9-7-16)19-13-23-21-24-15-25-26(21)14-19/h2,4,6-10,12-15H,1,3,5,11H2. The number of nitrogens with zero attached hydrogens (tertiary/aromatic N) is 5. The van der Waals surface area contributed by atoms with Gasteiger partial charge in [-0.15, -0.1) is 0 Å². The number of pyridine rings is 1. The van der Waals surface area contributed by atoms with E-state index in [1.165, 1.54) is 11.9 Å². The fourth-order valence-electron chi connectivity index (χ4n) is 3.04. The number of ketones is 1. The normalized spacial score (nSPS) is 11.0. The first-order valence-corrected chi connectivity index (χ1v) is 8.93. The molecule has 0 fully saturated rings. The average molecular weight is 357 g/mol. The molecule has 6 heteroatoms. The Morgan fingerprint density at radius 1 is 0.963 bits per heavy atom. The van der Waals surface area contributed by atoms with Crippen LogP contribution in [0, 0.1) is 0 Å². The summed E-state index contributed by atoms with van der Waals surface area (Å²) in [5.41, 5.74) is 4.27. The van der Waals surface area contributed by atoms with E-state index in [9.17, 15) is 4.79 Å². The molecule has 4 rings (SSSR count). The highest BCUT2D eigenvalue weighted by Crippen LogP contribution is 2.19. The molecular formula is C21H19N5O. The topological polar surface area (TPSA) is 73.0 Å². The molecule has 0 saturated heterocycles. The first-order valence-electron chi connectivity index (χ1n) is 8.93. The number of carbonyl (C=O) groups excluding carboxylic acids is 1. The van der Waals surface area contributed by atoms with E-state index in [4.69, 9.17) is 0 Å². The number of aromatic nitrogens is 5. The molecule has 0 N–H and O–H groups in total. The van der Waals surface area contributed by atoms with Gasteiger partial charge in [0.05, 0.1) is 0 Å². The number of fused-ring (bicyclic) bond motifs is 1. The zero-order valence-corrected chi connectivity index (χ0v) is 14.8. The van der Waals surface area contributed by atoms with Crippen molar-refractivity contribution in [2.45, 2.75) is 25.7 Å². The number of rotatable bonds is 7. The summed E-state index contributed by atoms with van der Waals surface area (Å²) in [6.07, 6.45) is 11.5. The molecule has 134 valence electrons. The molecule has 0 radical (unpaired) electrons. The van der Waals surface area contributed by atoms with E-state index >= 15 is 0 Å². The molecule has 0 aliphatic rings. The molecular weight excluding hydrogens is 338 g/mol. The van der Waals surface area contributed by atoms with Gasteiger partial charge in [-0.2, -0.15) is 10.1 Å². The van der Waals surface area contributed by atoms with Crippen molar-refractivity contribution in [3.05, 3.63) is 78.6 Å².